The van der Waals surface area contributed by atoms with Gasteiger partial charge in [0.1, 0.15) is 19.3 Å². The minimum Gasteiger partial charge on any atom is -0.462 e. The van der Waals surface area contributed by atoms with Crippen LogP contribution in [-0.2, 0) is 65.4 Å². The lowest BCUT2D eigenvalue weighted by molar-refractivity contribution is -0.161. The van der Waals surface area contributed by atoms with Crippen molar-refractivity contribution in [2.24, 2.45) is 17.8 Å². The van der Waals surface area contributed by atoms with Gasteiger partial charge in [0.05, 0.1) is 26.4 Å². The second kappa shape index (κ2) is 76.1. The largest absolute Gasteiger partial charge is 0.472 e. The lowest BCUT2D eigenvalue weighted by Crippen LogP contribution is -2.30. The smallest absolute Gasteiger partial charge is 0.462 e. The molecule has 0 rings (SSSR count). The highest BCUT2D eigenvalue weighted by Gasteiger charge is 2.30. The second-order valence-electron chi connectivity index (χ2n) is 31.9. The SMILES string of the molecule is CCCCCCCCCCCCCCCC(=O)O[C@H](COC(=O)CCCCCCCCCCCC(C)C)COP(=O)(O)OC[C@H](O)COP(=O)(O)OC[C@@H](COC(=O)CCCCCCCCCCCCCCCCC(C)CC)OC(=O)CCCCCCCCCCCCCCCCCCCCC(C)CC. The Morgan fingerprint density at radius 2 is 0.486 bits per heavy atom. The van der Waals surface area contributed by atoms with Crippen LogP contribution in [0.3, 0.4) is 0 Å². The van der Waals surface area contributed by atoms with E-state index in [1.807, 2.05) is 0 Å². The Labute approximate surface area is 645 Å². The molecule has 7 atom stereocenters. The number of carbonyl (C=O) groups is 4. The van der Waals surface area contributed by atoms with Crippen LogP contribution in [0.1, 0.15) is 453 Å². The fraction of sp³-hybridized carbons (Fsp3) is 0.953. The number of hydrogen-bond acceptors (Lipinski definition) is 15. The number of ether oxygens (including phenoxy) is 4. The summed E-state index contributed by atoms with van der Waals surface area (Å²) in [7, 11) is -9.93. The lowest BCUT2D eigenvalue weighted by atomic mass is 9.99. The van der Waals surface area contributed by atoms with Crippen LogP contribution in [0.5, 0.6) is 0 Å². The van der Waals surface area contributed by atoms with Crippen molar-refractivity contribution >= 4 is 39.5 Å². The first kappa shape index (κ1) is 103. The van der Waals surface area contributed by atoms with Crippen molar-refractivity contribution in [3.63, 3.8) is 0 Å². The zero-order valence-corrected chi connectivity index (χ0v) is 71.0. The first-order chi connectivity index (χ1) is 50.8. The summed E-state index contributed by atoms with van der Waals surface area (Å²) in [5.74, 6) is 0.361. The number of phosphoric ester groups is 2. The maximum absolute atomic E-state index is 13.2. The van der Waals surface area contributed by atoms with Crippen LogP contribution >= 0.6 is 15.6 Å². The molecule has 0 fully saturated rings. The Morgan fingerprint density at radius 1 is 0.276 bits per heavy atom. The van der Waals surface area contributed by atoms with Gasteiger partial charge in [-0.15, -0.1) is 0 Å². The molecule has 19 heteroatoms. The minimum atomic E-state index is -4.97. The topological polar surface area (TPSA) is 237 Å². The molecular weight excluding hydrogens is 1370 g/mol. The summed E-state index contributed by atoms with van der Waals surface area (Å²) in [6.07, 6.45) is 66.5. The summed E-state index contributed by atoms with van der Waals surface area (Å²) < 4.78 is 68.9. The molecule has 17 nitrogen and oxygen atoms in total. The predicted octanol–water partition coefficient (Wildman–Crippen LogP) is 26.1. The molecular formula is C86H168O17P2. The van der Waals surface area contributed by atoms with Gasteiger partial charge in [-0.2, -0.15) is 0 Å². The fourth-order valence-electron chi connectivity index (χ4n) is 13.3. The molecule has 0 aromatic rings. The standard InChI is InChI=1S/C86H168O17P2/c1-8-11-12-13-14-15-16-25-33-40-48-55-62-69-85(90)103-82(74-97-84(89)68-61-54-47-42-35-36-43-50-57-64-77(4)5)76-101-105(94,95)99-72-80(87)71-98-104(92,93)100-75-81(73-96-83(88)67-60-53-46-39-32-28-24-23-27-31-38-45-52-59-66-79(7)10-3)102-86(91)70-63-56-49-41-34-29-22-20-18-17-19-21-26-30-37-44-51-58-65-78(6)9-2/h77-82,87H,8-76H2,1-7H3,(H,92,93)(H,94,95)/t78?,79?,80-,81-,82-/m1/s1. The maximum atomic E-state index is 13.2. The number of esters is 4. The van der Waals surface area contributed by atoms with E-state index in [1.165, 1.54) is 263 Å². The van der Waals surface area contributed by atoms with Crippen LogP contribution in [0.15, 0.2) is 0 Å². The van der Waals surface area contributed by atoms with Gasteiger partial charge in [-0.05, 0) is 43.4 Å². The van der Waals surface area contributed by atoms with Crippen molar-refractivity contribution in [1.82, 2.24) is 0 Å². The Balaban J connectivity index is 5.24. The van der Waals surface area contributed by atoms with E-state index < -0.39 is 97.5 Å². The van der Waals surface area contributed by atoms with Crippen LogP contribution in [-0.4, -0.2) is 96.7 Å². The summed E-state index contributed by atoms with van der Waals surface area (Å²) in [6, 6.07) is 0. The van der Waals surface area contributed by atoms with Crippen LogP contribution in [0, 0.1) is 17.8 Å². The molecule has 105 heavy (non-hydrogen) atoms. The van der Waals surface area contributed by atoms with E-state index in [0.717, 1.165) is 108 Å². The average Bonchev–Trinajstić information content (AvgIpc) is 0.903. The first-order valence-electron chi connectivity index (χ1n) is 44.4. The van der Waals surface area contributed by atoms with E-state index in [4.69, 9.17) is 37.0 Å². The lowest BCUT2D eigenvalue weighted by Gasteiger charge is -2.21. The zero-order chi connectivity index (χ0) is 77.2. The summed E-state index contributed by atoms with van der Waals surface area (Å²) >= 11 is 0. The monoisotopic (exact) mass is 1540 g/mol. The summed E-state index contributed by atoms with van der Waals surface area (Å²) in [5, 5.41) is 10.7. The summed E-state index contributed by atoms with van der Waals surface area (Å²) in [6.45, 7) is 12.1. The van der Waals surface area contributed by atoms with E-state index in [0.29, 0.717) is 25.7 Å². The highest BCUT2D eigenvalue weighted by atomic mass is 31.2. The molecule has 0 amide bonds. The molecule has 0 saturated heterocycles. The van der Waals surface area contributed by atoms with Crippen LogP contribution in [0.25, 0.3) is 0 Å². The Bertz CT molecular complexity index is 2030. The molecule has 3 N–H and O–H groups in total. The predicted molar refractivity (Wildman–Crippen MR) is 432 cm³/mol. The number of aliphatic hydroxyl groups excluding tert-OH is 1. The van der Waals surface area contributed by atoms with Crippen molar-refractivity contribution in [3.05, 3.63) is 0 Å². The van der Waals surface area contributed by atoms with Gasteiger partial charge in [0.25, 0.3) is 0 Å². The minimum absolute atomic E-state index is 0.107. The van der Waals surface area contributed by atoms with Gasteiger partial charge in [0, 0.05) is 25.7 Å². The van der Waals surface area contributed by atoms with E-state index in [9.17, 15) is 43.2 Å². The Hall–Kier alpha value is -1.94. The number of aliphatic hydroxyl groups is 1. The van der Waals surface area contributed by atoms with Gasteiger partial charge in [0.15, 0.2) is 12.2 Å². The summed E-state index contributed by atoms with van der Waals surface area (Å²) in [4.78, 5) is 73.2. The molecule has 4 unspecified atom stereocenters. The normalized spacial score (nSPS) is 14.4. The Kier molecular flexibility index (Phi) is 74.7. The first-order valence-corrected chi connectivity index (χ1v) is 47.4. The van der Waals surface area contributed by atoms with Gasteiger partial charge < -0.3 is 33.8 Å². The molecule has 0 aliphatic carbocycles. The number of unbranched alkanes of at least 4 members (excludes halogenated alkanes) is 50. The Morgan fingerprint density at radius 3 is 0.724 bits per heavy atom. The van der Waals surface area contributed by atoms with Gasteiger partial charge in [-0.1, -0.05) is 402 Å². The van der Waals surface area contributed by atoms with E-state index in [-0.39, 0.29) is 25.7 Å². The molecule has 0 aliphatic heterocycles. The van der Waals surface area contributed by atoms with E-state index >= 15 is 0 Å². The zero-order valence-electron chi connectivity index (χ0n) is 69.2. The third-order valence-electron chi connectivity index (χ3n) is 20.9. The summed E-state index contributed by atoms with van der Waals surface area (Å²) in [5.41, 5.74) is 0. The second-order valence-corrected chi connectivity index (χ2v) is 34.8. The molecule has 0 aliphatic rings. The highest BCUT2D eigenvalue weighted by Crippen LogP contribution is 2.45. The molecule has 624 valence electrons. The van der Waals surface area contributed by atoms with Crippen LogP contribution in [0.4, 0.5) is 0 Å². The van der Waals surface area contributed by atoms with Gasteiger partial charge in [0.2, 0.25) is 0 Å². The quantitative estimate of drug-likeness (QED) is 0.0222. The molecule has 0 bridgehead atoms. The van der Waals surface area contributed by atoms with Gasteiger partial charge in [-0.3, -0.25) is 37.3 Å². The molecule has 0 spiro atoms. The molecule has 0 aromatic carbocycles. The average molecular weight is 1540 g/mol. The third kappa shape index (κ3) is 77.2. The number of carbonyl (C=O) groups excluding carboxylic acids is 4. The van der Waals surface area contributed by atoms with E-state index in [2.05, 4.69) is 48.5 Å². The number of phosphoric acid groups is 2. The molecule has 0 radical (unpaired) electrons. The van der Waals surface area contributed by atoms with Crippen LogP contribution < -0.4 is 0 Å². The van der Waals surface area contributed by atoms with Crippen molar-refractivity contribution in [2.75, 3.05) is 39.6 Å². The van der Waals surface area contributed by atoms with Gasteiger partial charge in [-0.25, -0.2) is 9.13 Å². The number of rotatable bonds is 84. The van der Waals surface area contributed by atoms with Crippen molar-refractivity contribution < 1.29 is 80.2 Å². The van der Waals surface area contributed by atoms with Gasteiger partial charge >= 0.3 is 39.5 Å². The van der Waals surface area contributed by atoms with Crippen molar-refractivity contribution in [3.8, 4) is 0 Å². The third-order valence-corrected chi connectivity index (χ3v) is 22.8. The molecule has 0 saturated carbocycles. The maximum Gasteiger partial charge on any atom is 0.472 e. The highest BCUT2D eigenvalue weighted by molar-refractivity contribution is 7.47. The number of hydrogen-bond donors (Lipinski definition) is 3. The molecule has 0 heterocycles. The van der Waals surface area contributed by atoms with Crippen molar-refractivity contribution in [2.45, 2.75) is 471 Å². The van der Waals surface area contributed by atoms with E-state index in [1.54, 1.807) is 0 Å². The molecule has 0 aromatic heterocycles. The van der Waals surface area contributed by atoms with Crippen molar-refractivity contribution in [1.29, 1.82) is 0 Å². The fourth-order valence-corrected chi connectivity index (χ4v) is 14.9. The van der Waals surface area contributed by atoms with Crippen LogP contribution in [0.2, 0.25) is 0 Å².